The quantitative estimate of drug-likeness (QED) is 0.775. The largest absolute Gasteiger partial charge is 0.391 e. The van der Waals surface area contributed by atoms with Crippen LogP contribution in [0.5, 0.6) is 0 Å². The van der Waals surface area contributed by atoms with Gasteiger partial charge in [-0.25, -0.2) is 4.39 Å². The van der Waals surface area contributed by atoms with Crippen molar-refractivity contribution in [3.8, 4) is 0 Å². The van der Waals surface area contributed by atoms with Gasteiger partial charge in [0.25, 0.3) is 0 Å². The predicted molar refractivity (Wildman–Crippen MR) is 54.2 cm³/mol. The maximum absolute atomic E-state index is 12.8. The summed E-state index contributed by atoms with van der Waals surface area (Å²) in [5, 5.41) is 9.61. The summed E-state index contributed by atoms with van der Waals surface area (Å²) in [6, 6.07) is 5.56. The van der Waals surface area contributed by atoms with Gasteiger partial charge in [0.15, 0.2) is 0 Å². The Hall–Kier alpha value is -0.930. The van der Waals surface area contributed by atoms with Gasteiger partial charge in [0.05, 0.1) is 12.1 Å². The third kappa shape index (κ3) is 2.79. The highest BCUT2D eigenvalue weighted by Gasteiger charge is 2.15. The highest BCUT2D eigenvalue weighted by Crippen LogP contribution is 2.17. The standard InChI is InChI=1S/C11H16FNO/c1-2-4-10(14)11(13)8-5-3-6-9(12)7-8/h3,5-7,10-11,14H,2,4,13H2,1H3/t10-,11+/m1/s1. The first-order chi connectivity index (χ1) is 6.65. The van der Waals surface area contributed by atoms with Gasteiger partial charge in [-0.05, 0) is 24.1 Å². The van der Waals surface area contributed by atoms with Crippen LogP contribution in [-0.4, -0.2) is 11.2 Å². The van der Waals surface area contributed by atoms with Crippen LogP contribution in [0.3, 0.4) is 0 Å². The lowest BCUT2D eigenvalue weighted by molar-refractivity contribution is 0.134. The van der Waals surface area contributed by atoms with Gasteiger partial charge < -0.3 is 10.8 Å². The number of benzene rings is 1. The molecule has 3 heteroatoms. The van der Waals surface area contributed by atoms with Gasteiger partial charge in [-0.2, -0.15) is 0 Å². The molecule has 0 unspecified atom stereocenters. The first-order valence-electron chi connectivity index (χ1n) is 4.84. The van der Waals surface area contributed by atoms with E-state index in [1.165, 1.54) is 12.1 Å². The van der Waals surface area contributed by atoms with Gasteiger partial charge in [-0.1, -0.05) is 25.5 Å². The maximum Gasteiger partial charge on any atom is 0.123 e. The van der Waals surface area contributed by atoms with Crippen molar-refractivity contribution in [2.24, 2.45) is 5.73 Å². The Labute approximate surface area is 83.6 Å². The molecule has 0 aliphatic heterocycles. The van der Waals surface area contributed by atoms with Crippen LogP contribution in [-0.2, 0) is 0 Å². The van der Waals surface area contributed by atoms with Crippen LogP contribution in [0.15, 0.2) is 24.3 Å². The van der Waals surface area contributed by atoms with Crippen molar-refractivity contribution in [3.05, 3.63) is 35.6 Å². The third-order valence-corrected chi connectivity index (χ3v) is 2.23. The molecule has 0 spiro atoms. The molecule has 0 bridgehead atoms. The summed E-state index contributed by atoms with van der Waals surface area (Å²) >= 11 is 0. The van der Waals surface area contributed by atoms with E-state index in [4.69, 9.17) is 5.73 Å². The molecule has 0 aliphatic carbocycles. The first-order valence-corrected chi connectivity index (χ1v) is 4.84. The minimum Gasteiger partial charge on any atom is -0.391 e. The Balaban J connectivity index is 2.73. The van der Waals surface area contributed by atoms with E-state index in [0.717, 1.165) is 6.42 Å². The average Bonchev–Trinajstić information content (AvgIpc) is 2.17. The zero-order valence-corrected chi connectivity index (χ0v) is 8.28. The predicted octanol–water partition coefficient (Wildman–Crippen LogP) is 1.99. The molecular weight excluding hydrogens is 181 g/mol. The van der Waals surface area contributed by atoms with Crippen molar-refractivity contribution in [2.45, 2.75) is 31.9 Å². The van der Waals surface area contributed by atoms with Crippen LogP contribution in [0.1, 0.15) is 31.4 Å². The molecule has 1 rings (SSSR count). The Bertz CT molecular complexity index is 290. The van der Waals surface area contributed by atoms with Crippen LogP contribution in [0.4, 0.5) is 4.39 Å². The van der Waals surface area contributed by atoms with E-state index in [9.17, 15) is 9.50 Å². The van der Waals surface area contributed by atoms with Gasteiger partial charge in [-0.3, -0.25) is 0 Å². The lowest BCUT2D eigenvalue weighted by Gasteiger charge is -2.18. The molecule has 2 atom stereocenters. The van der Waals surface area contributed by atoms with Crippen LogP contribution in [0.2, 0.25) is 0 Å². The second-order valence-corrected chi connectivity index (χ2v) is 3.44. The Morgan fingerprint density at radius 3 is 2.79 bits per heavy atom. The van der Waals surface area contributed by atoms with Gasteiger partial charge in [0.1, 0.15) is 5.82 Å². The lowest BCUT2D eigenvalue weighted by atomic mass is 9.99. The normalized spacial score (nSPS) is 15.1. The van der Waals surface area contributed by atoms with Crippen molar-refractivity contribution in [1.82, 2.24) is 0 Å². The zero-order valence-electron chi connectivity index (χ0n) is 8.28. The van der Waals surface area contributed by atoms with Crippen LogP contribution >= 0.6 is 0 Å². The molecule has 0 fully saturated rings. The molecule has 78 valence electrons. The maximum atomic E-state index is 12.8. The lowest BCUT2D eigenvalue weighted by Crippen LogP contribution is -2.25. The molecule has 2 nitrogen and oxygen atoms in total. The van der Waals surface area contributed by atoms with Crippen LogP contribution in [0, 0.1) is 5.82 Å². The van der Waals surface area contributed by atoms with Crippen molar-refractivity contribution >= 4 is 0 Å². The summed E-state index contributed by atoms with van der Waals surface area (Å²) in [6.07, 6.45) is 0.906. The molecule has 14 heavy (non-hydrogen) atoms. The van der Waals surface area contributed by atoms with Crippen molar-refractivity contribution < 1.29 is 9.50 Å². The Morgan fingerprint density at radius 1 is 1.50 bits per heavy atom. The molecule has 0 amide bonds. The van der Waals surface area contributed by atoms with Crippen molar-refractivity contribution in [3.63, 3.8) is 0 Å². The summed E-state index contributed by atoms with van der Waals surface area (Å²) in [6.45, 7) is 1.97. The SMILES string of the molecule is CCC[C@@H](O)[C@@H](N)c1cccc(F)c1. The second-order valence-electron chi connectivity index (χ2n) is 3.44. The number of rotatable bonds is 4. The number of hydrogen-bond donors (Lipinski definition) is 2. The fourth-order valence-electron chi connectivity index (χ4n) is 1.41. The smallest absolute Gasteiger partial charge is 0.123 e. The van der Waals surface area contributed by atoms with Crippen molar-refractivity contribution in [2.75, 3.05) is 0 Å². The number of halogens is 1. The molecular formula is C11H16FNO. The molecule has 0 heterocycles. The first kappa shape index (κ1) is 11.1. The van der Waals surface area contributed by atoms with Gasteiger partial charge in [-0.15, -0.1) is 0 Å². The molecule has 0 radical (unpaired) electrons. The molecule has 0 saturated carbocycles. The number of hydrogen-bond acceptors (Lipinski definition) is 2. The summed E-state index contributed by atoms with van der Waals surface area (Å²) in [5.74, 6) is -0.318. The molecule has 0 aliphatic rings. The van der Waals surface area contributed by atoms with E-state index < -0.39 is 12.1 Å². The summed E-state index contributed by atoms with van der Waals surface area (Å²) in [7, 11) is 0. The van der Waals surface area contributed by atoms with Crippen LogP contribution < -0.4 is 5.73 Å². The minimum absolute atomic E-state index is 0.318. The van der Waals surface area contributed by atoms with E-state index in [1.54, 1.807) is 12.1 Å². The minimum atomic E-state index is -0.596. The number of aliphatic hydroxyl groups excluding tert-OH is 1. The summed E-state index contributed by atoms with van der Waals surface area (Å²) < 4.78 is 12.8. The molecule has 0 aromatic heterocycles. The molecule has 1 aromatic rings. The van der Waals surface area contributed by atoms with Gasteiger partial charge in [0, 0.05) is 0 Å². The van der Waals surface area contributed by atoms with Gasteiger partial charge in [0.2, 0.25) is 0 Å². The van der Waals surface area contributed by atoms with E-state index >= 15 is 0 Å². The summed E-state index contributed by atoms with van der Waals surface area (Å²) in [5.41, 5.74) is 6.42. The fraction of sp³-hybridized carbons (Fsp3) is 0.455. The Morgan fingerprint density at radius 2 is 2.21 bits per heavy atom. The highest BCUT2D eigenvalue weighted by atomic mass is 19.1. The second kappa shape index (κ2) is 5.08. The van der Waals surface area contributed by atoms with E-state index in [1.807, 2.05) is 6.92 Å². The average molecular weight is 197 g/mol. The van der Waals surface area contributed by atoms with Gasteiger partial charge >= 0.3 is 0 Å². The fourth-order valence-corrected chi connectivity index (χ4v) is 1.41. The third-order valence-electron chi connectivity index (χ3n) is 2.23. The molecule has 3 N–H and O–H groups in total. The van der Waals surface area contributed by atoms with E-state index in [-0.39, 0.29) is 5.82 Å². The summed E-state index contributed by atoms with van der Waals surface area (Å²) in [4.78, 5) is 0. The van der Waals surface area contributed by atoms with Crippen molar-refractivity contribution in [1.29, 1.82) is 0 Å². The number of nitrogens with two attached hydrogens (primary N) is 1. The molecule has 1 aromatic carbocycles. The van der Waals surface area contributed by atoms with E-state index in [2.05, 4.69) is 0 Å². The van der Waals surface area contributed by atoms with E-state index in [0.29, 0.717) is 12.0 Å². The zero-order chi connectivity index (χ0) is 10.6. The van der Waals surface area contributed by atoms with Crippen LogP contribution in [0.25, 0.3) is 0 Å². The molecule has 0 saturated heterocycles. The topological polar surface area (TPSA) is 46.2 Å². The monoisotopic (exact) mass is 197 g/mol. The Kier molecular flexibility index (Phi) is 4.04. The number of aliphatic hydroxyl groups is 1. The highest BCUT2D eigenvalue weighted by molar-refractivity contribution is 5.20.